The average Bonchev–Trinajstić information content (AvgIpc) is 3.35. The molecular formula is C26H37N3O4S. The highest BCUT2D eigenvalue weighted by molar-refractivity contribution is 7.91. The maximum absolute atomic E-state index is 13.4. The number of nitrogens with zero attached hydrogens (tertiary/aromatic N) is 3. The van der Waals surface area contributed by atoms with E-state index in [1.807, 2.05) is 0 Å². The number of nitriles is 1. The van der Waals surface area contributed by atoms with Gasteiger partial charge in [0, 0.05) is 18.4 Å². The lowest BCUT2D eigenvalue weighted by Gasteiger charge is -2.58. The van der Waals surface area contributed by atoms with E-state index in [0.29, 0.717) is 36.2 Å². The first-order valence-electron chi connectivity index (χ1n) is 12.8. The van der Waals surface area contributed by atoms with E-state index in [1.165, 1.54) is 12.5 Å². The lowest BCUT2D eigenvalue weighted by molar-refractivity contribution is -0.132. The van der Waals surface area contributed by atoms with Crippen LogP contribution in [-0.2, 0) is 21.2 Å². The summed E-state index contributed by atoms with van der Waals surface area (Å²) in [4.78, 5) is 13.4. The van der Waals surface area contributed by atoms with Crippen LogP contribution in [0.2, 0.25) is 0 Å². The Hall–Kier alpha value is -1.72. The van der Waals surface area contributed by atoms with Crippen LogP contribution >= 0.6 is 0 Å². The van der Waals surface area contributed by atoms with Crippen LogP contribution in [0.3, 0.4) is 0 Å². The molecule has 0 saturated heterocycles. The summed E-state index contributed by atoms with van der Waals surface area (Å²) >= 11 is 0. The van der Waals surface area contributed by atoms with Crippen LogP contribution in [0.5, 0.6) is 0 Å². The number of carbonyl (C=O) groups is 1. The summed E-state index contributed by atoms with van der Waals surface area (Å²) in [6.07, 6.45) is 11.4. The molecule has 0 radical (unpaired) electrons. The second kappa shape index (κ2) is 8.16. The van der Waals surface area contributed by atoms with Crippen molar-refractivity contribution in [3.8, 4) is 6.07 Å². The van der Waals surface area contributed by atoms with Gasteiger partial charge >= 0.3 is 0 Å². The molecule has 4 fully saturated rings. The highest BCUT2D eigenvalue weighted by atomic mass is 32.2. The third-order valence-electron chi connectivity index (χ3n) is 10.2. The SMILES string of the molecule is C[C@@]1(O)CC(S(C)(=O)=O)[C@H]2[C@H](CC[C@@H]3[C@@H]2CC[C@]2(C)[C@@H](C(=O)Cn4cc(C#N)cn4)CC[C@@H]32)C1. The molecule has 1 N–H and O–H groups in total. The molecule has 1 aromatic heterocycles. The van der Waals surface area contributed by atoms with E-state index >= 15 is 0 Å². The predicted octanol–water partition coefficient (Wildman–Crippen LogP) is 3.37. The maximum Gasteiger partial charge on any atom is 0.157 e. The molecule has 7 nitrogen and oxygen atoms in total. The molecule has 186 valence electrons. The van der Waals surface area contributed by atoms with Crippen LogP contribution < -0.4 is 0 Å². The lowest BCUT2D eigenvalue weighted by Crippen LogP contribution is -2.57. The van der Waals surface area contributed by atoms with Crippen molar-refractivity contribution >= 4 is 15.6 Å². The van der Waals surface area contributed by atoms with Crippen LogP contribution in [0.4, 0.5) is 0 Å². The van der Waals surface area contributed by atoms with E-state index in [1.54, 1.807) is 17.8 Å². The molecule has 0 spiro atoms. The minimum atomic E-state index is -3.26. The van der Waals surface area contributed by atoms with Gasteiger partial charge in [-0.25, -0.2) is 8.42 Å². The molecule has 1 heterocycles. The highest BCUT2D eigenvalue weighted by Gasteiger charge is 2.61. The van der Waals surface area contributed by atoms with Gasteiger partial charge in [-0.2, -0.15) is 10.4 Å². The Kier molecular flexibility index (Phi) is 5.76. The van der Waals surface area contributed by atoms with Crippen molar-refractivity contribution in [2.75, 3.05) is 6.26 Å². The van der Waals surface area contributed by atoms with Crippen molar-refractivity contribution in [3.63, 3.8) is 0 Å². The van der Waals surface area contributed by atoms with Gasteiger partial charge in [0.2, 0.25) is 0 Å². The summed E-state index contributed by atoms with van der Waals surface area (Å²) in [5, 5.41) is 23.6. The number of hydrogen-bond acceptors (Lipinski definition) is 6. The fraction of sp³-hybridized carbons (Fsp3) is 0.808. The van der Waals surface area contributed by atoms with E-state index in [4.69, 9.17) is 5.26 Å². The number of ketones is 1. The third kappa shape index (κ3) is 3.93. The second-order valence-electron chi connectivity index (χ2n) is 12.3. The smallest absolute Gasteiger partial charge is 0.157 e. The summed E-state index contributed by atoms with van der Waals surface area (Å²) in [5.74, 6) is 1.85. The number of fused-ring (bicyclic) bond motifs is 5. The molecule has 0 amide bonds. The molecule has 0 aromatic carbocycles. The minimum Gasteiger partial charge on any atom is -0.390 e. The lowest BCUT2D eigenvalue weighted by atomic mass is 9.48. The Morgan fingerprint density at radius 3 is 2.65 bits per heavy atom. The second-order valence-corrected chi connectivity index (χ2v) is 14.6. The Labute approximate surface area is 202 Å². The van der Waals surface area contributed by atoms with Gasteiger partial charge in [-0.1, -0.05) is 6.92 Å². The Bertz CT molecular complexity index is 1120. The molecule has 0 aliphatic heterocycles. The van der Waals surface area contributed by atoms with E-state index in [9.17, 15) is 18.3 Å². The van der Waals surface area contributed by atoms with Crippen LogP contribution in [-0.4, -0.2) is 46.2 Å². The summed E-state index contributed by atoms with van der Waals surface area (Å²) < 4.78 is 27.3. The molecule has 34 heavy (non-hydrogen) atoms. The summed E-state index contributed by atoms with van der Waals surface area (Å²) in [6, 6.07) is 2.06. The van der Waals surface area contributed by atoms with Crippen LogP contribution in [0.15, 0.2) is 12.4 Å². The van der Waals surface area contributed by atoms with Gasteiger partial charge in [-0.15, -0.1) is 0 Å². The van der Waals surface area contributed by atoms with Gasteiger partial charge in [0.1, 0.15) is 6.07 Å². The van der Waals surface area contributed by atoms with Crippen molar-refractivity contribution in [3.05, 3.63) is 18.0 Å². The van der Waals surface area contributed by atoms with Gasteiger partial charge in [0.25, 0.3) is 0 Å². The molecule has 8 heteroatoms. The quantitative estimate of drug-likeness (QED) is 0.697. The number of rotatable bonds is 4. The Morgan fingerprint density at radius 2 is 1.97 bits per heavy atom. The van der Waals surface area contributed by atoms with E-state index in [0.717, 1.165) is 38.5 Å². The number of hydrogen-bond donors (Lipinski definition) is 1. The molecule has 4 aliphatic rings. The molecule has 1 unspecified atom stereocenters. The van der Waals surface area contributed by atoms with Crippen molar-refractivity contribution in [1.29, 1.82) is 5.26 Å². The largest absolute Gasteiger partial charge is 0.390 e. The number of sulfone groups is 1. The Morgan fingerprint density at radius 1 is 1.21 bits per heavy atom. The summed E-state index contributed by atoms with van der Waals surface area (Å²) in [6.45, 7) is 4.30. The van der Waals surface area contributed by atoms with Gasteiger partial charge in [0.15, 0.2) is 15.6 Å². The normalized spacial score (nSPS) is 43.9. The molecular weight excluding hydrogens is 450 g/mol. The fourth-order valence-corrected chi connectivity index (χ4v) is 10.6. The molecule has 0 bridgehead atoms. The van der Waals surface area contributed by atoms with Crippen molar-refractivity contribution in [2.24, 2.45) is 40.9 Å². The van der Waals surface area contributed by atoms with E-state index in [2.05, 4.69) is 18.1 Å². The van der Waals surface area contributed by atoms with Gasteiger partial charge in [-0.3, -0.25) is 9.48 Å². The average molecular weight is 488 g/mol. The first-order valence-corrected chi connectivity index (χ1v) is 14.7. The zero-order valence-electron chi connectivity index (χ0n) is 20.5. The molecule has 4 saturated carbocycles. The van der Waals surface area contributed by atoms with Crippen molar-refractivity contribution < 1.29 is 18.3 Å². The van der Waals surface area contributed by atoms with Crippen LogP contribution in [0, 0.1) is 52.3 Å². The van der Waals surface area contributed by atoms with Crippen molar-refractivity contribution in [1.82, 2.24) is 9.78 Å². The van der Waals surface area contributed by atoms with E-state index in [-0.39, 0.29) is 35.5 Å². The van der Waals surface area contributed by atoms with Crippen molar-refractivity contribution in [2.45, 2.75) is 82.6 Å². The summed E-state index contributed by atoms with van der Waals surface area (Å²) in [5.41, 5.74) is -0.502. The standard InChI is InChI=1S/C26H37N3O4S/c1-25(31)10-17-4-5-18-19(24(17)23(11-25)34(3,32)33)8-9-26(2)20(18)6-7-21(26)22(30)15-29-14-16(12-27)13-28-29/h13-14,17-21,23-24,31H,4-11,15H2,1-3H3/t17-,18-,19+,20+,21-,23?,24+,25+,26+/m1/s1. The number of carbonyl (C=O) groups excluding carboxylic acids is 1. The molecule has 1 aromatic rings. The fourth-order valence-electron chi connectivity index (χ4n) is 8.94. The van der Waals surface area contributed by atoms with Gasteiger partial charge < -0.3 is 5.11 Å². The Balaban J connectivity index is 1.37. The van der Waals surface area contributed by atoms with Gasteiger partial charge in [-0.05, 0) is 93.3 Å². The zero-order chi connectivity index (χ0) is 24.5. The maximum atomic E-state index is 13.4. The first-order chi connectivity index (χ1) is 15.9. The van der Waals surface area contributed by atoms with Crippen LogP contribution in [0.1, 0.15) is 70.8 Å². The summed E-state index contributed by atoms with van der Waals surface area (Å²) in [7, 11) is -3.26. The first kappa shape index (κ1) is 24.0. The highest BCUT2D eigenvalue weighted by Crippen LogP contribution is 2.65. The molecule has 5 rings (SSSR count). The third-order valence-corrected chi connectivity index (χ3v) is 11.8. The molecule has 9 atom stereocenters. The van der Waals surface area contributed by atoms with Gasteiger partial charge in [0.05, 0.1) is 29.2 Å². The van der Waals surface area contributed by atoms with E-state index < -0.39 is 20.7 Å². The number of aliphatic hydroxyl groups is 1. The predicted molar refractivity (Wildman–Crippen MR) is 127 cm³/mol. The number of aromatic nitrogens is 2. The zero-order valence-corrected chi connectivity index (χ0v) is 21.3. The minimum absolute atomic E-state index is 0.0105. The topological polar surface area (TPSA) is 113 Å². The van der Waals surface area contributed by atoms with Crippen LogP contribution in [0.25, 0.3) is 0 Å². The monoisotopic (exact) mass is 487 g/mol. The molecule has 4 aliphatic carbocycles. The number of Topliss-reactive ketones (excluding diaryl/α,β-unsaturated/α-hetero) is 1.